The fourth-order valence-corrected chi connectivity index (χ4v) is 2.85. The van der Waals surface area contributed by atoms with E-state index in [4.69, 9.17) is 19.7 Å². The molecule has 0 aliphatic carbocycles. The molecule has 1 aromatic carbocycles. The SMILES string of the molecule is O=C(O)CCCCCCCOc1cccc(OCCCCCCCC(=O)O)c1.[Ag].[Ag]. The predicted molar refractivity (Wildman–Crippen MR) is 108 cm³/mol. The number of hydrogen-bond acceptors (Lipinski definition) is 4. The van der Waals surface area contributed by atoms with E-state index in [1.165, 1.54) is 0 Å². The van der Waals surface area contributed by atoms with Crippen molar-refractivity contribution in [1.82, 2.24) is 0 Å². The minimum Gasteiger partial charge on any atom is -0.493 e. The van der Waals surface area contributed by atoms with Crippen molar-refractivity contribution in [2.45, 2.75) is 77.0 Å². The summed E-state index contributed by atoms with van der Waals surface area (Å²) >= 11 is 0. The van der Waals surface area contributed by atoms with E-state index in [2.05, 4.69) is 0 Å². The topological polar surface area (TPSA) is 93.1 Å². The predicted octanol–water partition coefficient (Wildman–Crippen LogP) is 5.29. The molecule has 1 aromatic rings. The van der Waals surface area contributed by atoms with Gasteiger partial charge in [-0.3, -0.25) is 9.59 Å². The van der Waals surface area contributed by atoms with Crippen LogP contribution in [-0.4, -0.2) is 35.4 Å². The molecule has 0 aromatic heterocycles. The Morgan fingerprint density at radius 1 is 0.633 bits per heavy atom. The summed E-state index contributed by atoms with van der Waals surface area (Å²) in [6.45, 7) is 1.30. The Kier molecular flexibility index (Phi) is 22.5. The van der Waals surface area contributed by atoms with Gasteiger partial charge < -0.3 is 19.7 Å². The Balaban J connectivity index is 0. The maximum Gasteiger partial charge on any atom is 0.303 e. The third-order valence-corrected chi connectivity index (χ3v) is 4.41. The van der Waals surface area contributed by atoms with Gasteiger partial charge in [0, 0.05) is 63.7 Å². The summed E-state index contributed by atoms with van der Waals surface area (Å²) in [6.07, 6.45) is 10.00. The fraction of sp³-hybridized carbons (Fsp3) is 0.636. The molecule has 30 heavy (non-hydrogen) atoms. The summed E-state index contributed by atoms with van der Waals surface area (Å²) in [5.74, 6) is 0.163. The van der Waals surface area contributed by atoms with Gasteiger partial charge in [-0.25, -0.2) is 0 Å². The van der Waals surface area contributed by atoms with Gasteiger partial charge in [0.05, 0.1) is 13.2 Å². The first-order valence-corrected chi connectivity index (χ1v) is 10.4. The van der Waals surface area contributed by atoms with Crippen LogP contribution in [0.15, 0.2) is 24.3 Å². The molecule has 0 aliphatic heterocycles. The van der Waals surface area contributed by atoms with Crippen molar-refractivity contribution in [2.24, 2.45) is 0 Å². The third-order valence-electron chi connectivity index (χ3n) is 4.41. The first-order chi connectivity index (χ1) is 13.6. The van der Waals surface area contributed by atoms with Crippen LogP contribution in [0.5, 0.6) is 11.5 Å². The number of unbranched alkanes of at least 4 members (excludes halogenated alkanes) is 8. The van der Waals surface area contributed by atoms with Gasteiger partial charge in [-0.15, -0.1) is 0 Å². The number of rotatable bonds is 18. The van der Waals surface area contributed by atoms with Gasteiger partial charge in [-0.05, 0) is 37.8 Å². The van der Waals surface area contributed by atoms with E-state index < -0.39 is 11.9 Å². The molecule has 0 heterocycles. The molecule has 0 aliphatic rings. The van der Waals surface area contributed by atoms with Crippen LogP contribution in [0.3, 0.4) is 0 Å². The minimum atomic E-state index is -0.721. The maximum atomic E-state index is 10.4. The average Bonchev–Trinajstić information content (AvgIpc) is 2.66. The summed E-state index contributed by atoms with van der Waals surface area (Å²) in [5, 5.41) is 17.2. The van der Waals surface area contributed by atoms with Gasteiger partial charge in [0.15, 0.2) is 0 Å². The van der Waals surface area contributed by atoms with Crippen LogP contribution in [0.1, 0.15) is 77.0 Å². The second-order valence-electron chi connectivity index (χ2n) is 6.99. The number of carboxylic acid groups (broad SMARTS) is 2. The smallest absolute Gasteiger partial charge is 0.303 e. The molecule has 2 N–H and O–H groups in total. The molecule has 1 rings (SSSR count). The van der Waals surface area contributed by atoms with Crippen molar-refractivity contribution < 1.29 is 74.0 Å². The van der Waals surface area contributed by atoms with E-state index in [0.717, 1.165) is 75.7 Å². The van der Waals surface area contributed by atoms with E-state index in [1.54, 1.807) is 0 Å². The summed E-state index contributed by atoms with van der Waals surface area (Å²) in [6, 6.07) is 7.66. The van der Waals surface area contributed by atoms with Crippen LogP contribution in [0.4, 0.5) is 0 Å². The molecule has 0 unspecified atom stereocenters. The standard InChI is InChI=1S/C22H34O6.2Ag/c23-21(24)14-7-3-1-5-9-16-27-19-12-11-13-20(18-19)28-17-10-6-2-4-8-15-22(25)26;;/h11-13,18H,1-10,14-17H2,(H,23,24)(H,25,26);;. The largest absolute Gasteiger partial charge is 0.493 e. The molecule has 2 radical (unpaired) electrons. The Bertz CT molecular complexity index is 523. The molecule has 8 heteroatoms. The Hall–Kier alpha value is -0.759. The van der Waals surface area contributed by atoms with Crippen molar-refractivity contribution in [3.05, 3.63) is 24.3 Å². The van der Waals surface area contributed by atoms with Crippen LogP contribution in [0.2, 0.25) is 0 Å². The third kappa shape index (κ3) is 19.2. The summed E-state index contributed by atoms with van der Waals surface area (Å²) in [5.41, 5.74) is 0. The molecule has 0 atom stereocenters. The maximum absolute atomic E-state index is 10.4. The first-order valence-electron chi connectivity index (χ1n) is 10.4. The normalized spacial score (nSPS) is 9.87. The number of carbonyl (C=O) groups is 2. The van der Waals surface area contributed by atoms with Crippen LogP contribution < -0.4 is 9.47 Å². The van der Waals surface area contributed by atoms with E-state index in [-0.39, 0.29) is 57.6 Å². The first kappa shape index (κ1) is 31.4. The second-order valence-corrected chi connectivity index (χ2v) is 6.99. The van der Waals surface area contributed by atoms with Crippen LogP contribution >= 0.6 is 0 Å². The molecule has 0 fully saturated rings. The van der Waals surface area contributed by atoms with E-state index in [9.17, 15) is 9.59 Å². The zero-order valence-corrected chi connectivity index (χ0v) is 20.3. The molecule has 0 spiro atoms. The van der Waals surface area contributed by atoms with Crippen LogP contribution in [0, 0.1) is 0 Å². The molecule has 6 nitrogen and oxygen atoms in total. The zero-order chi connectivity index (χ0) is 20.5. The quantitative estimate of drug-likeness (QED) is 0.174. The van der Waals surface area contributed by atoms with Gasteiger partial charge in [0.2, 0.25) is 0 Å². The van der Waals surface area contributed by atoms with Crippen molar-refractivity contribution in [3.63, 3.8) is 0 Å². The van der Waals surface area contributed by atoms with Crippen molar-refractivity contribution in [1.29, 1.82) is 0 Å². The molecule has 180 valence electrons. The van der Waals surface area contributed by atoms with Crippen molar-refractivity contribution in [3.8, 4) is 11.5 Å². The number of hydrogen-bond donors (Lipinski definition) is 2. The van der Waals surface area contributed by atoms with E-state index in [0.29, 0.717) is 13.2 Å². The van der Waals surface area contributed by atoms with E-state index >= 15 is 0 Å². The molecule has 0 amide bonds. The minimum absolute atomic E-state index is 0. The Morgan fingerprint density at radius 3 is 1.40 bits per heavy atom. The van der Waals surface area contributed by atoms with E-state index in [1.807, 2.05) is 24.3 Å². The number of aliphatic carboxylic acids is 2. The molecule has 0 saturated carbocycles. The van der Waals surface area contributed by atoms with Crippen LogP contribution in [0.25, 0.3) is 0 Å². The average molecular weight is 610 g/mol. The number of ether oxygens (including phenoxy) is 2. The second kappa shape index (κ2) is 21.5. The molecule has 0 bridgehead atoms. The fourth-order valence-electron chi connectivity index (χ4n) is 2.85. The van der Waals surface area contributed by atoms with Gasteiger partial charge in [-0.1, -0.05) is 44.6 Å². The Morgan fingerprint density at radius 2 is 1.00 bits per heavy atom. The molecule has 0 saturated heterocycles. The molecular weight excluding hydrogens is 576 g/mol. The summed E-state index contributed by atoms with van der Waals surface area (Å²) < 4.78 is 11.5. The van der Waals surface area contributed by atoms with Crippen molar-refractivity contribution >= 4 is 11.9 Å². The van der Waals surface area contributed by atoms with Gasteiger partial charge >= 0.3 is 11.9 Å². The summed E-state index contributed by atoms with van der Waals surface area (Å²) in [4.78, 5) is 20.9. The summed E-state index contributed by atoms with van der Waals surface area (Å²) in [7, 11) is 0. The molecular formula is C22H34Ag2O6. The Labute approximate surface area is 211 Å². The van der Waals surface area contributed by atoms with Gasteiger partial charge in [0.1, 0.15) is 11.5 Å². The number of carboxylic acids is 2. The monoisotopic (exact) mass is 608 g/mol. The van der Waals surface area contributed by atoms with Crippen molar-refractivity contribution in [2.75, 3.05) is 13.2 Å². The van der Waals surface area contributed by atoms with Gasteiger partial charge in [-0.2, -0.15) is 0 Å². The van der Waals surface area contributed by atoms with Gasteiger partial charge in [0.25, 0.3) is 0 Å². The zero-order valence-electron chi connectivity index (χ0n) is 17.3. The number of benzene rings is 1. The van der Waals surface area contributed by atoms with Crippen LogP contribution in [-0.2, 0) is 54.3 Å².